The summed E-state index contributed by atoms with van der Waals surface area (Å²) in [6.07, 6.45) is 0.837. The van der Waals surface area contributed by atoms with Gasteiger partial charge in [0.25, 0.3) is 0 Å². The van der Waals surface area contributed by atoms with Crippen LogP contribution in [0.4, 0.5) is 0 Å². The zero-order valence-electron chi connectivity index (χ0n) is 9.19. The summed E-state index contributed by atoms with van der Waals surface area (Å²) >= 11 is 0. The van der Waals surface area contributed by atoms with Crippen molar-refractivity contribution >= 4 is 5.97 Å². The quantitative estimate of drug-likeness (QED) is 0.770. The van der Waals surface area contributed by atoms with E-state index in [1.54, 1.807) is 12.1 Å². The Morgan fingerprint density at radius 3 is 2.47 bits per heavy atom. The molecule has 0 aliphatic carbocycles. The van der Waals surface area contributed by atoms with Crippen molar-refractivity contribution in [3.63, 3.8) is 0 Å². The van der Waals surface area contributed by atoms with E-state index in [1.165, 1.54) is 0 Å². The third-order valence-corrected chi connectivity index (χ3v) is 2.11. The molecule has 2 N–H and O–H groups in total. The first-order valence-electron chi connectivity index (χ1n) is 5.17. The Hall–Kier alpha value is -1.35. The third-order valence-electron chi connectivity index (χ3n) is 2.11. The lowest BCUT2D eigenvalue weighted by atomic mass is 10.1. The molecule has 82 valence electrons. The van der Waals surface area contributed by atoms with E-state index < -0.39 is 0 Å². The molecular weight excluding hydrogens is 190 g/mol. The van der Waals surface area contributed by atoms with Gasteiger partial charge in [-0.25, -0.2) is 4.79 Å². The molecule has 0 aliphatic rings. The third kappa shape index (κ3) is 3.36. The summed E-state index contributed by atoms with van der Waals surface area (Å²) in [4.78, 5) is 11.4. The van der Waals surface area contributed by atoms with Gasteiger partial charge in [0.05, 0.1) is 12.2 Å². The Morgan fingerprint density at radius 2 is 2.00 bits per heavy atom. The van der Waals surface area contributed by atoms with E-state index >= 15 is 0 Å². The fraction of sp³-hybridized carbons (Fsp3) is 0.417. The second-order valence-electron chi connectivity index (χ2n) is 3.55. The number of esters is 1. The van der Waals surface area contributed by atoms with Crippen molar-refractivity contribution in [2.75, 3.05) is 6.61 Å². The summed E-state index contributed by atoms with van der Waals surface area (Å²) in [5.74, 6) is -0.270. The van der Waals surface area contributed by atoms with E-state index in [0.29, 0.717) is 12.2 Å². The van der Waals surface area contributed by atoms with Gasteiger partial charge < -0.3 is 10.5 Å². The van der Waals surface area contributed by atoms with Crippen LogP contribution in [0.2, 0.25) is 0 Å². The maximum absolute atomic E-state index is 11.4. The first kappa shape index (κ1) is 11.7. The minimum Gasteiger partial charge on any atom is -0.462 e. The summed E-state index contributed by atoms with van der Waals surface area (Å²) in [6, 6.07) is 7.19. The number of benzene rings is 1. The van der Waals surface area contributed by atoms with Gasteiger partial charge in [0.1, 0.15) is 0 Å². The molecule has 0 amide bonds. The Balaban J connectivity index is 2.67. The van der Waals surface area contributed by atoms with Crippen LogP contribution in [0.1, 0.15) is 42.2 Å². The van der Waals surface area contributed by atoms with E-state index in [9.17, 15) is 4.79 Å². The molecule has 0 spiro atoms. The smallest absolute Gasteiger partial charge is 0.338 e. The molecule has 0 radical (unpaired) electrons. The van der Waals surface area contributed by atoms with Crippen LogP contribution in [0.15, 0.2) is 24.3 Å². The van der Waals surface area contributed by atoms with Gasteiger partial charge in [-0.1, -0.05) is 19.1 Å². The van der Waals surface area contributed by atoms with Gasteiger partial charge >= 0.3 is 5.97 Å². The fourth-order valence-electron chi connectivity index (χ4n) is 1.20. The Bertz CT molecular complexity index is 317. The molecule has 0 bridgehead atoms. The molecule has 1 rings (SSSR count). The van der Waals surface area contributed by atoms with E-state index in [-0.39, 0.29) is 12.0 Å². The van der Waals surface area contributed by atoms with Gasteiger partial charge in [0.15, 0.2) is 0 Å². The number of hydrogen-bond acceptors (Lipinski definition) is 3. The van der Waals surface area contributed by atoms with Gasteiger partial charge in [0.2, 0.25) is 0 Å². The molecule has 0 heterocycles. The molecule has 3 heteroatoms. The number of carbonyl (C=O) groups excluding carboxylic acids is 1. The summed E-state index contributed by atoms with van der Waals surface area (Å²) in [7, 11) is 0. The molecule has 0 saturated heterocycles. The Kier molecular flexibility index (Phi) is 4.31. The highest BCUT2D eigenvalue weighted by molar-refractivity contribution is 5.89. The van der Waals surface area contributed by atoms with Crippen LogP contribution in [-0.4, -0.2) is 12.6 Å². The monoisotopic (exact) mass is 207 g/mol. The SMILES string of the molecule is CCCOC(=O)c1ccc(C(C)N)cc1. The highest BCUT2D eigenvalue weighted by Gasteiger charge is 2.06. The van der Waals surface area contributed by atoms with E-state index in [4.69, 9.17) is 10.5 Å². The highest BCUT2D eigenvalue weighted by atomic mass is 16.5. The predicted molar refractivity (Wildman–Crippen MR) is 59.6 cm³/mol. The number of rotatable bonds is 4. The van der Waals surface area contributed by atoms with E-state index in [2.05, 4.69) is 0 Å². The van der Waals surface area contributed by atoms with Crippen molar-refractivity contribution in [2.24, 2.45) is 5.73 Å². The first-order chi connectivity index (χ1) is 7.15. The van der Waals surface area contributed by atoms with Crippen molar-refractivity contribution < 1.29 is 9.53 Å². The molecule has 1 aromatic rings. The van der Waals surface area contributed by atoms with Crippen LogP contribution in [0.25, 0.3) is 0 Å². The van der Waals surface area contributed by atoms with Gasteiger partial charge in [-0.05, 0) is 31.0 Å². The maximum Gasteiger partial charge on any atom is 0.338 e. The maximum atomic E-state index is 11.4. The van der Waals surface area contributed by atoms with E-state index in [0.717, 1.165) is 12.0 Å². The van der Waals surface area contributed by atoms with Crippen molar-refractivity contribution in [3.05, 3.63) is 35.4 Å². The number of nitrogens with two attached hydrogens (primary N) is 1. The topological polar surface area (TPSA) is 52.3 Å². The molecule has 1 atom stereocenters. The van der Waals surface area contributed by atoms with E-state index in [1.807, 2.05) is 26.0 Å². The minimum absolute atomic E-state index is 0.00860. The lowest BCUT2D eigenvalue weighted by molar-refractivity contribution is 0.0505. The van der Waals surface area contributed by atoms with Crippen LogP contribution in [0.3, 0.4) is 0 Å². The van der Waals surface area contributed by atoms with Gasteiger partial charge in [-0.2, -0.15) is 0 Å². The van der Waals surface area contributed by atoms with Crippen molar-refractivity contribution in [1.29, 1.82) is 0 Å². The summed E-state index contributed by atoms with van der Waals surface area (Å²) in [5, 5.41) is 0. The molecule has 0 fully saturated rings. The summed E-state index contributed by atoms with van der Waals surface area (Å²) in [6.45, 7) is 4.34. The standard InChI is InChI=1S/C12H17NO2/c1-3-8-15-12(14)11-6-4-10(5-7-11)9(2)13/h4-7,9H,3,8,13H2,1-2H3. The van der Waals surface area contributed by atoms with Gasteiger partial charge in [0, 0.05) is 6.04 Å². The van der Waals surface area contributed by atoms with Gasteiger partial charge in [-0.3, -0.25) is 0 Å². The zero-order valence-corrected chi connectivity index (χ0v) is 9.19. The molecule has 0 aromatic heterocycles. The largest absolute Gasteiger partial charge is 0.462 e. The second kappa shape index (κ2) is 5.51. The zero-order chi connectivity index (χ0) is 11.3. The molecule has 3 nitrogen and oxygen atoms in total. The highest BCUT2D eigenvalue weighted by Crippen LogP contribution is 2.11. The van der Waals surface area contributed by atoms with Crippen LogP contribution in [-0.2, 0) is 4.74 Å². The second-order valence-corrected chi connectivity index (χ2v) is 3.55. The number of hydrogen-bond donors (Lipinski definition) is 1. The molecule has 0 aliphatic heterocycles. The fourth-order valence-corrected chi connectivity index (χ4v) is 1.20. The number of carbonyl (C=O) groups is 1. The molecular formula is C12H17NO2. The Morgan fingerprint density at radius 1 is 1.40 bits per heavy atom. The first-order valence-corrected chi connectivity index (χ1v) is 5.17. The molecule has 1 aromatic carbocycles. The number of ether oxygens (including phenoxy) is 1. The predicted octanol–water partition coefficient (Wildman–Crippen LogP) is 2.27. The van der Waals surface area contributed by atoms with Crippen LogP contribution in [0, 0.1) is 0 Å². The average molecular weight is 207 g/mol. The molecule has 15 heavy (non-hydrogen) atoms. The summed E-state index contributed by atoms with van der Waals surface area (Å²) in [5.41, 5.74) is 7.30. The molecule has 1 unspecified atom stereocenters. The average Bonchev–Trinajstić information content (AvgIpc) is 2.26. The van der Waals surface area contributed by atoms with Crippen molar-refractivity contribution in [1.82, 2.24) is 0 Å². The van der Waals surface area contributed by atoms with Crippen LogP contribution in [0.5, 0.6) is 0 Å². The van der Waals surface area contributed by atoms with Gasteiger partial charge in [-0.15, -0.1) is 0 Å². The minimum atomic E-state index is -0.270. The van der Waals surface area contributed by atoms with Crippen LogP contribution >= 0.6 is 0 Å². The van der Waals surface area contributed by atoms with Crippen LogP contribution < -0.4 is 5.73 Å². The summed E-state index contributed by atoms with van der Waals surface area (Å²) < 4.78 is 5.01. The normalized spacial score (nSPS) is 12.2. The lowest BCUT2D eigenvalue weighted by Gasteiger charge is -2.06. The van der Waals surface area contributed by atoms with Crippen molar-refractivity contribution in [3.8, 4) is 0 Å². The Labute approximate surface area is 90.2 Å². The molecule has 0 saturated carbocycles. The lowest BCUT2D eigenvalue weighted by Crippen LogP contribution is -2.08. The van der Waals surface area contributed by atoms with Crippen molar-refractivity contribution in [2.45, 2.75) is 26.3 Å².